The highest BCUT2D eigenvalue weighted by Gasteiger charge is 1.94. The molecule has 0 saturated carbocycles. The zero-order valence-electron chi connectivity index (χ0n) is 23.7. The molecule has 0 aromatic heterocycles. The molecule has 1 N–H and O–H groups in total. The first-order valence-electron chi connectivity index (χ1n) is 14.9. The van der Waals surface area contributed by atoms with Crippen LogP contribution >= 0.6 is 0 Å². The topological polar surface area (TPSA) is 46.5 Å². The van der Waals surface area contributed by atoms with Crippen LogP contribution in [0.4, 0.5) is 0 Å². The standard InChI is InChI=1S/C34H54O3/c1-3-33(35)31-29-27-25-23-21-19-17-15-13-11-9-7-5-4-6-8-10-12-14-16-18-20-22-24-26-28-30-32-34(36)37-2/h1,7,9,26,28-29,31,33,35H,4-6,8,10-25,27H2,2H3/b9-7-,28-26-,31-29+. The van der Waals surface area contributed by atoms with Gasteiger partial charge in [0, 0.05) is 5.92 Å². The van der Waals surface area contributed by atoms with Crippen LogP contribution in [0.25, 0.3) is 0 Å². The molecule has 37 heavy (non-hydrogen) atoms. The Labute approximate surface area is 229 Å². The predicted molar refractivity (Wildman–Crippen MR) is 159 cm³/mol. The fourth-order valence-corrected chi connectivity index (χ4v) is 4.16. The molecule has 0 amide bonds. The van der Waals surface area contributed by atoms with E-state index >= 15 is 0 Å². The first-order chi connectivity index (χ1) is 18.2. The van der Waals surface area contributed by atoms with Crippen molar-refractivity contribution < 1.29 is 14.6 Å². The Morgan fingerprint density at radius 2 is 1.05 bits per heavy atom. The predicted octanol–water partition coefficient (Wildman–Crippen LogP) is 9.02. The Balaban J connectivity index is 3.23. The summed E-state index contributed by atoms with van der Waals surface area (Å²) in [5.41, 5.74) is 0. The van der Waals surface area contributed by atoms with Gasteiger partial charge in [-0.25, -0.2) is 4.79 Å². The Morgan fingerprint density at radius 1 is 0.676 bits per heavy atom. The number of carbonyl (C=O) groups is 1. The minimum Gasteiger partial charge on any atom is -0.459 e. The number of ether oxygens (including phenoxy) is 1. The van der Waals surface area contributed by atoms with Crippen LogP contribution in [-0.4, -0.2) is 24.3 Å². The van der Waals surface area contributed by atoms with Crippen LogP contribution in [0, 0.1) is 24.2 Å². The molecule has 0 radical (unpaired) electrons. The largest absolute Gasteiger partial charge is 0.459 e. The van der Waals surface area contributed by atoms with Crippen molar-refractivity contribution in [2.45, 2.75) is 141 Å². The number of carbonyl (C=O) groups excluding carboxylic acids is 1. The van der Waals surface area contributed by atoms with E-state index in [2.05, 4.69) is 34.7 Å². The van der Waals surface area contributed by atoms with E-state index in [1.54, 1.807) is 12.2 Å². The van der Waals surface area contributed by atoms with Crippen molar-refractivity contribution in [1.29, 1.82) is 0 Å². The molecule has 0 heterocycles. The number of rotatable bonds is 24. The average Bonchev–Trinajstić information content (AvgIpc) is 2.91. The van der Waals surface area contributed by atoms with Crippen LogP contribution in [0.5, 0.6) is 0 Å². The van der Waals surface area contributed by atoms with E-state index in [0.717, 1.165) is 12.8 Å². The van der Waals surface area contributed by atoms with Gasteiger partial charge in [-0.1, -0.05) is 120 Å². The number of hydrogen-bond acceptors (Lipinski definition) is 3. The van der Waals surface area contributed by atoms with Crippen LogP contribution in [0.1, 0.15) is 135 Å². The van der Waals surface area contributed by atoms with E-state index in [1.807, 2.05) is 12.2 Å². The number of methoxy groups -OCH3 is 1. The average molecular weight is 511 g/mol. The lowest BCUT2D eigenvalue weighted by Gasteiger charge is -2.02. The van der Waals surface area contributed by atoms with Crippen molar-refractivity contribution in [3.05, 3.63) is 36.5 Å². The number of unbranched alkanes of at least 4 members (excludes halogenated alkanes) is 19. The van der Waals surface area contributed by atoms with Gasteiger partial charge in [-0.2, -0.15) is 0 Å². The van der Waals surface area contributed by atoms with Crippen LogP contribution in [-0.2, 0) is 9.53 Å². The number of allylic oxidation sites excluding steroid dienone is 5. The van der Waals surface area contributed by atoms with Gasteiger partial charge in [0.2, 0.25) is 0 Å². The van der Waals surface area contributed by atoms with Crippen molar-refractivity contribution in [2.75, 3.05) is 7.11 Å². The maximum atomic E-state index is 10.8. The molecule has 0 aliphatic heterocycles. The van der Waals surface area contributed by atoms with Gasteiger partial charge in [-0.3, -0.25) is 0 Å². The molecule has 0 aliphatic carbocycles. The molecule has 0 fully saturated rings. The lowest BCUT2D eigenvalue weighted by atomic mass is 10.0. The van der Waals surface area contributed by atoms with E-state index in [1.165, 1.54) is 129 Å². The minimum atomic E-state index is -0.722. The Kier molecular flexibility index (Phi) is 28.2. The molecule has 1 atom stereocenters. The number of hydrogen-bond donors (Lipinski definition) is 1. The van der Waals surface area contributed by atoms with Crippen molar-refractivity contribution >= 4 is 5.97 Å². The SMILES string of the molecule is C#CC(O)/C=C/CCCCCCCCC/C=C\CCCCCCCCCCCC/C=C\C#CC(=O)OC. The van der Waals surface area contributed by atoms with Gasteiger partial charge in [-0.05, 0) is 63.5 Å². The summed E-state index contributed by atoms with van der Waals surface area (Å²) in [6.07, 6.45) is 43.7. The molecule has 0 aromatic carbocycles. The van der Waals surface area contributed by atoms with E-state index in [4.69, 9.17) is 6.42 Å². The molecule has 0 aliphatic rings. The third kappa shape index (κ3) is 29.9. The number of esters is 1. The maximum Gasteiger partial charge on any atom is 0.384 e. The van der Waals surface area contributed by atoms with Crippen molar-refractivity contribution in [3.8, 4) is 24.2 Å². The van der Waals surface area contributed by atoms with E-state index in [0.29, 0.717) is 0 Å². The Bertz CT molecular complexity index is 699. The highest BCUT2D eigenvalue weighted by atomic mass is 16.5. The van der Waals surface area contributed by atoms with Crippen LogP contribution in [0.3, 0.4) is 0 Å². The Morgan fingerprint density at radius 3 is 1.46 bits per heavy atom. The quantitative estimate of drug-likeness (QED) is 0.0463. The van der Waals surface area contributed by atoms with Gasteiger partial charge in [0.05, 0.1) is 7.11 Å². The highest BCUT2D eigenvalue weighted by molar-refractivity contribution is 5.88. The molecular formula is C34H54O3. The normalized spacial score (nSPS) is 12.1. The molecule has 3 heteroatoms. The number of aliphatic hydroxyl groups is 1. The van der Waals surface area contributed by atoms with E-state index < -0.39 is 12.1 Å². The summed E-state index contributed by atoms with van der Waals surface area (Å²) < 4.78 is 4.46. The van der Waals surface area contributed by atoms with Crippen LogP contribution in [0.15, 0.2) is 36.5 Å². The lowest BCUT2D eigenvalue weighted by molar-refractivity contribution is -0.133. The fourth-order valence-electron chi connectivity index (χ4n) is 4.16. The second kappa shape index (κ2) is 30.0. The van der Waals surface area contributed by atoms with Crippen molar-refractivity contribution in [2.24, 2.45) is 0 Å². The zero-order valence-corrected chi connectivity index (χ0v) is 23.7. The molecule has 0 aromatic rings. The first-order valence-corrected chi connectivity index (χ1v) is 14.9. The Hall–Kier alpha value is -2.23. The van der Waals surface area contributed by atoms with Crippen LogP contribution in [0.2, 0.25) is 0 Å². The van der Waals surface area contributed by atoms with Crippen molar-refractivity contribution in [3.63, 3.8) is 0 Å². The summed E-state index contributed by atoms with van der Waals surface area (Å²) in [7, 11) is 1.34. The van der Waals surface area contributed by atoms with Gasteiger partial charge in [0.15, 0.2) is 0 Å². The number of aliphatic hydroxyl groups excluding tert-OH is 1. The third-order valence-electron chi connectivity index (χ3n) is 6.45. The smallest absolute Gasteiger partial charge is 0.384 e. The zero-order chi connectivity index (χ0) is 27.1. The number of terminal acetylenes is 1. The van der Waals surface area contributed by atoms with E-state index in [-0.39, 0.29) is 0 Å². The van der Waals surface area contributed by atoms with Gasteiger partial charge < -0.3 is 9.84 Å². The molecule has 0 rings (SSSR count). The fraction of sp³-hybridized carbons (Fsp3) is 0.676. The second-order valence-electron chi connectivity index (χ2n) is 9.84. The highest BCUT2D eigenvalue weighted by Crippen LogP contribution is 2.13. The molecule has 0 spiro atoms. The summed E-state index contributed by atoms with van der Waals surface area (Å²) in [6.45, 7) is 0. The summed E-state index contributed by atoms with van der Waals surface area (Å²) in [6, 6.07) is 0. The third-order valence-corrected chi connectivity index (χ3v) is 6.45. The van der Waals surface area contributed by atoms with Gasteiger partial charge in [0.25, 0.3) is 0 Å². The molecule has 3 nitrogen and oxygen atoms in total. The van der Waals surface area contributed by atoms with Gasteiger partial charge in [-0.15, -0.1) is 6.42 Å². The molecular weight excluding hydrogens is 456 g/mol. The van der Waals surface area contributed by atoms with Gasteiger partial charge in [0.1, 0.15) is 6.10 Å². The summed E-state index contributed by atoms with van der Waals surface area (Å²) in [5, 5.41) is 9.23. The second-order valence-corrected chi connectivity index (χ2v) is 9.84. The van der Waals surface area contributed by atoms with Crippen LogP contribution < -0.4 is 0 Å². The minimum absolute atomic E-state index is 0.483. The molecule has 0 saturated heterocycles. The summed E-state index contributed by atoms with van der Waals surface area (Å²) >= 11 is 0. The molecule has 1 unspecified atom stereocenters. The van der Waals surface area contributed by atoms with E-state index in [9.17, 15) is 9.90 Å². The summed E-state index contributed by atoms with van der Waals surface area (Å²) in [4.78, 5) is 10.8. The lowest BCUT2D eigenvalue weighted by Crippen LogP contribution is -1.95. The van der Waals surface area contributed by atoms with Crippen molar-refractivity contribution in [1.82, 2.24) is 0 Å². The maximum absolute atomic E-state index is 10.8. The molecule has 208 valence electrons. The monoisotopic (exact) mass is 510 g/mol. The van der Waals surface area contributed by atoms with Gasteiger partial charge >= 0.3 is 5.97 Å². The first kappa shape index (κ1) is 34.8. The molecule has 0 bridgehead atoms. The summed E-state index contributed by atoms with van der Waals surface area (Å²) in [5.74, 6) is 6.89.